The molecule has 0 aromatic heterocycles. The van der Waals surface area contributed by atoms with Crippen molar-refractivity contribution in [3.05, 3.63) is 107 Å². The molecule has 6 nitrogen and oxygen atoms in total. The number of Topliss-reactive ketones (excluding diaryl/α,β-unsaturated/α-hetero) is 1. The van der Waals surface area contributed by atoms with Gasteiger partial charge in [0.2, 0.25) is 5.91 Å². The fourth-order valence-corrected chi connectivity index (χ4v) is 4.52. The first-order chi connectivity index (χ1) is 16.6. The van der Waals surface area contributed by atoms with Crippen molar-refractivity contribution < 1.29 is 9.59 Å². The molecule has 1 unspecified atom stereocenters. The molecule has 3 aromatic rings. The standard InChI is InChI=1S/C28H28N4O2/c29-18-19-13-15-22(16-14-19)26(27(33)23-12-7-17-31-23)32-28(34)25(30)24(20-8-3-1-4-9-20)21-10-5-2-6-11-21/h1-6,8-11,13-16,23-26,31H,7,12,17,30H2,(H,32,34)/t23-,25+,26?/m0/s1. The molecule has 0 radical (unpaired) electrons. The minimum absolute atomic E-state index is 0.0984. The second-order valence-electron chi connectivity index (χ2n) is 8.55. The van der Waals surface area contributed by atoms with Gasteiger partial charge >= 0.3 is 0 Å². The molecule has 0 saturated carbocycles. The first kappa shape index (κ1) is 23.4. The third-order valence-corrected chi connectivity index (χ3v) is 6.33. The van der Waals surface area contributed by atoms with Crippen LogP contribution < -0.4 is 16.4 Å². The molecule has 1 aliphatic rings. The van der Waals surface area contributed by atoms with E-state index in [1.54, 1.807) is 24.3 Å². The molecule has 3 atom stereocenters. The van der Waals surface area contributed by atoms with E-state index in [2.05, 4.69) is 16.7 Å². The number of amides is 1. The average molecular weight is 453 g/mol. The van der Waals surface area contributed by atoms with Gasteiger partial charge in [0.05, 0.1) is 23.7 Å². The first-order valence-electron chi connectivity index (χ1n) is 11.5. The highest BCUT2D eigenvalue weighted by Crippen LogP contribution is 2.28. The van der Waals surface area contributed by atoms with Gasteiger partial charge in [0.1, 0.15) is 6.04 Å². The van der Waals surface area contributed by atoms with Gasteiger partial charge in [0.15, 0.2) is 5.78 Å². The predicted molar refractivity (Wildman–Crippen MR) is 131 cm³/mol. The molecule has 1 amide bonds. The Morgan fingerprint density at radius 1 is 0.912 bits per heavy atom. The zero-order valence-corrected chi connectivity index (χ0v) is 18.9. The lowest BCUT2D eigenvalue weighted by atomic mass is 9.84. The Kier molecular flexibility index (Phi) is 7.48. The zero-order valence-electron chi connectivity index (χ0n) is 18.9. The van der Waals surface area contributed by atoms with Crippen LogP contribution >= 0.6 is 0 Å². The Labute approximate surface area is 199 Å². The van der Waals surface area contributed by atoms with E-state index >= 15 is 0 Å². The fraction of sp³-hybridized carbons (Fsp3) is 0.250. The average Bonchev–Trinajstić information content (AvgIpc) is 3.43. The number of hydrogen-bond donors (Lipinski definition) is 3. The van der Waals surface area contributed by atoms with E-state index in [-0.39, 0.29) is 17.7 Å². The summed E-state index contributed by atoms with van der Waals surface area (Å²) in [6, 6.07) is 26.1. The van der Waals surface area contributed by atoms with Gasteiger partial charge in [-0.25, -0.2) is 0 Å². The van der Waals surface area contributed by atoms with Crippen LogP contribution in [0.1, 0.15) is 47.1 Å². The number of rotatable bonds is 8. The number of nitriles is 1. The molecule has 34 heavy (non-hydrogen) atoms. The third kappa shape index (κ3) is 5.23. The van der Waals surface area contributed by atoms with Crippen molar-refractivity contribution in [1.82, 2.24) is 10.6 Å². The molecule has 4 rings (SSSR count). The van der Waals surface area contributed by atoms with Crippen molar-refractivity contribution in [3.8, 4) is 6.07 Å². The van der Waals surface area contributed by atoms with E-state index < -0.39 is 18.0 Å². The minimum atomic E-state index is -0.907. The summed E-state index contributed by atoms with van der Waals surface area (Å²) in [5.74, 6) is -0.874. The summed E-state index contributed by atoms with van der Waals surface area (Å²) in [4.78, 5) is 26.9. The van der Waals surface area contributed by atoms with Gasteiger partial charge in [-0.1, -0.05) is 72.8 Å². The molecule has 1 heterocycles. The lowest BCUT2D eigenvalue weighted by Crippen LogP contribution is -2.49. The summed E-state index contributed by atoms with van der Waals surface area (Å²) in [5, 5.41) is 15.3. The minimum Gasteiger partial charge on any atom is -0.341 e. The topological polar surface area (TPSA) is 108 Å². The second kappa shape index (κ2) is 10.9. The Morgan fingerprint density at radius 2 is 1.50 bits per heavy atom. The van der Waals surface area contributed by atoms with Crippen LogP contribution in [0, 0.1) is 11.3 Å². The quantitative estimate of drug-likeness (QED) is 0.486. The van der Waals surface area contributed by atoms with Crippen molar-refractivity contribution in [2.45, 2.75) is 36.9 Å². The smallest absolute Gasteiger partial charge is 0.238 e. The van der Waals surface area contributed by atoms with E-state index in [1.807, 2.05) is 60.7 Å². The summed E-state index contributed by atoms with van der Waals surface area (Å²) in [6.07, 6.45) is 1.64. The molecular weight excluding hydrogens is 424 g/mol. The Hall–Kier alpha value is -3.79. The number of carbonyl (C=O) groups is 2. The highest BCUT2D eigenvalue weighted by molar-refractivity contribution is 5.95. The monoisotopic (exact) mass is 452 g/mol. The number of carbonyl (C=O) groups excluding carboxylic acids is 2. The molecule has 0 spiro atoms. The number of benzene rings is 3. The maximum absolute atomic E-state index is 13.5. The highest BCUT2D eigenvalue weighted by atomic mass is 16.2. The lowest BCUT2D eigenvalue weighted by molar-refractivity contribution is -0.129. The SMILES string of the molecule is N#Cc1ccc(C(NC(=O)[C@H](N)C(c2ccccc2)c2ccccc2)C(=O)[C@@H]2CCCN2)cc1. The van der Waals surface area contributed by atoms with Crippen LogP contribution in [-0.2, 0) is 9.59 Å². The number of nitrogens with two attached hydrogens (primary N) is 1. The number of nitrogens with zero attached hydrogens (tertiary/aromatic N) is 1. The van der Waals surface area contributed by atoms with Gasteiger partial charge in [-0.3, -0.25) is 9.59 Å². The summed E-state index contributed by atoms with van der Waals surface area (Å²) in [5.41, 5.74) is 9.55. The van der Waals surface area contributed by atoms with E-state index in [4.69, 9.17) is 11.0 Å². The zero-order chi connectivity index (χ0) is 23.9. The second-order valence-corrected chi connectivity index (χ2v) is 8.55. The van der Waals surface area contributed by atoms with Crippen molar-refractivity contribution >= 4 is 11.7 Å². The molecule has 1 saturated heterocycles. The van der Waals surface area contributed by atoms with Crippen LogP contribution in [0.15, 0.2) is 84.9 Å². The molecule has 172 valence electrons. The normalized spacial score (nSPS) is 17.0. The Morgan fingerprint density at radius 3 is 2.00 bits per heavy atom. The first-order valence-corrected chi connectivity index (χ1v) is 11.5. The van der Waals surface area contributed by atoms with Crippen molar-refractivity contribution in [1.29, 1.82) is 5.26 Å². The van der Waals surface area contributed by atoms with Crippen LogP contribution in [0.4, 0.5) is 0 Å². The predicted octanol–water partition coefficient (Wildman–Crippen LogP) is 3.20. The van der Waals surface area contributed by atoms with E-state index in [0.29, 0.717) is 11.1 Å². The van der Waals surface area contributed by atoms with Crippen molar-refractivity contribution in [2.24, 2.45) is 5.73 Å². The van der Waals surface area contributed by atoms with Gasteiger partial charge in [-0.2, -0.15) is 5.26 Å². The van der Waals surface area contributed by atoms with Crippen LogP contribution in [0.25, 0.3) is 0 Å². The lowest BCUT2D eigenvalue weighted by Gasteiger charge is -2.27. The Balaban J connectivity index is 1.63. The van der Waals surface area contributed by atoms with Crippen LogP contribution in [-0.4, -0.2) is 30.3 Å². The summed E-state index contributed by atoms with van der Waals surface area (Å²) in [6.45, 7) is 0.772. The fourth-order valence-electron chi connectivity index (χ4n) is 4.52. The molecular formula is C28H28N4O2. The van der Waals surface area contributed by atoms with Crippen LogP contribution in [0.5, 0.6) is 0 Å². The summed E-state index contributed by atoms with van der Waals surface area (Å²) in [7, 11) is 0. The van der Waals surface area contributed by atoms with E-state index in [9.17, 15) is 9.59 Å². The maximum atomic E-state index is 13.5. The number of hydrogen-bond acceptors (Lipinski definition) is 5. The van der Waals surface area contributed by atoms with Crippen molar-refractivity contribution in [2.75, 3.05) is 6.54 Å². The molecule has 1 aliphatic heterocycles. The highest BCUT2D eigenvalue weighted by Gasteiger charge is 2.34. The Bertz CT molecular complexity index is 1110. The molecule has 0 bridgehead atoms. The van der Waals surface area contributed by atoms with E-state index in [1.165, 1.54) is 0 Å². The van der Waals surface area contributed by atoms with Gasteiger partial charge in [0.25, 0.3) is 0 Å². The summed E-state index contributed by atoms with van der Waals surface area (Å²) >= 11 is 0. The maximum Gasteiger partial charge on any atom is 0.238 e. The summed E-state index contributed by atoms with van der Waals surface area (Å²) < 4.78 is 0. The molecule has 4 N–H and O–H groups in total. The van der Waals surface area contributed by atoms with Gasteiger partial charge in [0, 0.05) is 5.92 Å². The molecule has 6 heteroatoms. The number of ketones is 1. The van der Waals surface area contributed by atoms with Gasteiger partial charge in [-0.15, -0.1) is 0 Å². The van der Waals surface area contributed by atoms with Crippen LogP contribution in [0.3, 0.4) is 0 Å². The third-order valence-electron chi connectivity index (χ3n) is 6.33. The van der Waals surface area contributed by atoms with E-state index in [0.717, 1.165) is 30.5 Å². The largest absolute Gasteiger partial charge is 0.341 e. The molecule has 0 aliphatic carbocycles. The van der Waals surface area contributed by atoms with Gasteiger partial charge in [-0.05, 0) is 48.2 Å². The molecule has 3 aromatic carbocycles. The molecule has 1 fully saturated rings. The van der Waals surface area contributed by atoms with Gasteiger partial charge < -0.3 is 16.4 Å². The number of nitrogens with one attached hydrogen (secondary N) is 2. The van der Waals surface area contributed by atoms with Crippen LogP contribution in [0.2, 0.25) is 0 Å². The van der Waals surface area contributed by atoms with Crippen molar-refractivity contribution in [3.63, 3.8) is 0 Å².